The lowest BCUT2D eigenvalue weighted by Crippen LogP contribution is -2.18. The van der Waals surface area contributed by atoms with E-state index in [-0.39, 0.29) is 6.04 Å². The maximum absolute atomic E-state index is 4.20. The van der Waals surface area contributed by atoms with E-state index in [9.17, 15) is 0 Å². The Morgan fingerprint density at radius 3 is 2.75 bits per heavy atom. The maximum Gasteiger partial charge on any atom is 0.0611 e. The Balaban J connectivity index is 2.45. The van der Waals surface area contributed by atoms with E-state index in [0.29, 0.717) is 0 Å². The fourth-order valence-corrected chi connectivity index (χ4v) is 3.31. The minimum absolute atomic E-state index is 0.203. The van der Waals surface area contributed by atoms with Crippen LogP contribution in [-0.2, 0) is 0 Å². The molecule has 16 heavy (non-hydrogen) atoms. The van der Waals surface area contributed by atoms with Gasteiger partial charge in [0.25, 0.3) is 0 Å². The summed E-state index contributed by atoms with van der Waals surface area (Å²) in [5.41, 5.74) is 3.75. The zero-order valence-electron chi connectivity index (χ0n) is 9.20. The number of hydrogen-bond donors (Lipinski definition) is 1. The second-order valence-corrected chi connectivity index (χ2v) is 5.23. The molecule has 2 aromatic heterocycles. The highest BCUT2D eigenvalue weighted by Crippen LogP contribution is 2.32. The smallest absolute Gasteiger partial charge is 0.0611 e. The number of hydrogen-bond acceptors (Lipinski definition) is 3. The largest absolute Gasteiger partial charge is 0.309 e. The predicted molar refractivity (Wildman–Crippen MR) is 71.9 cm³/mol. The van der Waals surface area contributed by atoms with Gasteiger partial charge in [-0.3, -0.25) is 4.98 Å². The van der Waals surface area contributed by atoms with Crippen molar-refractivity contribution in [2.24, 2.45) is 0 Å². The summed E-state index contributed by atoms with van der Waals surface area (Å²) < 4.78 is 1.15. The van der Waals surface area contributed by atoms with Gasteiger partial charge < -0.3 is 5.32 Å². The minimum atomic E-state index is 0.203. The fraction of sp³-hybridized carbons (Fsp3) is 0.250. The number of rotatable bonds is 3. The summed E-state index contributed by atoms with van der Waals surface area (Å²) in [4.78, 5) is 4.20. The third-order valence-electron chi connectivity index (χ3n) is 2.63. The standard InChI is InChI=1S/C12H13BrN2S/c1-8-3-4-15-5-9(8)12(14-2)10-6-16-7-11(10)13/h3-7,12,14H,1-2H3. The normalized spacial score (nSPS) is 12.7. The highest BCUT2D eigenvalue weighted by molar-refractivity contribution is 9.10. The van der Waals surface area contributed by atoms with Crippen LogP contribution in [0.1, 0.15) is 22.7 Å². The average Bonchev–Trinajstić information content (AvgIpc) is 2.69. The second kappa shape index (κ2) is 5.08. The number of nitrogens with one attached hydrogen (secondary N) is 1. The van der Waals surface area contributed by atoms with E-state index in [1.165, 1.54) is 16.7 Å². The van der Waals surface area contributed by atoms with E-state index in [1.54, 1.807) is 11.3 Å². The molecule has 0 fully saturated rings. The monoisotopic (exact) mass is 296 g/mol. The van der Waals surface area contributed by atoms with Crippen molar-refractivity contribution in [1.82, 2.24) is 10.3 Å². The van der Waals surface area contributed by atoms with Gasteiger partial charge in [-0.05, 0) is 58.0 Å². The van der Waals surface area contributed by atoms with Crippen LogP contribution in [0.15, 0.2) is 33.7 Å². The lowest BCUT2D eigenvalue weighted by Gasteiger charge is -2.18. The molecule has 2 aromatic rings. The van der Waals surface area contributed by atoms with Gasteiger partial charge in [0.1, 0.15) is 0 Å². The van der Waals surface area contributed by atoms with Crippen molar-refractivity contribution in [3.63, 3.8) is 0 Å². The highest BCUT2D eigenvalue weighted by Gasteiger charge is 2.17. The topological polar surface area (TPSA) is 24.9 Å². The third kappa shape index (κ3) is 2.19. The first-order chi connectivity index (χ1) is 7.74. The molecule has 2 nitrogen and oxygen atoms in total. The Morgan fingerprint density at radius 1 is 1.38 bits per heavy atom. The predicted octanol–water partition coefficient (Wildman–Crippen LogP) is 3.52. The number of aryl methyl sites for hydroxylation is 1. The second-order valence-electron chi connectivity index (χ2n) is 3.63. The molecule has 84 valence electrons. The van der Waals surface area contributed by atoms with Crippen LogP contribution in [0.25, 0.3) is 0 Å². The Kier molecular flexibility index (Phi) is 3.74. The highest BCUT2D eigenvalue weighted by atomic mass is 79.9. The molecular formula is C12H13BrN2S. The molecule has 0 aliphatic carbocycles. The van der Waals surface area contributed by atoms with E-state index in [1.807, 2.05) is 25.5 Å². The van der Waals surface area contributed by atoms with Crippen molar-refractivity contribution in [3.8, 4) is 0 Å². The molecule has 0 spiro atoms. The van der Waals surface area contributed by atoms with E-state index in [0.717, 1.165) is 4.47 Å². The molecule has 0 aliphatic heterocycles. The van der Waals surface area contributed by atoms with E-state index in [2.05, 4.69) is 43.9 Å². The first-order valence-electron chi connectivity index (χ1n) is 5.03. The van der Waals surface area contributed by atoms with Gasteiger partial charge in [-0.25, -0.2) is 0 Å². The van der Waals surface area contributed by atoms with Crippen molar-refractivity contribution in [2.45, 2.75) is 13.0 Å². The molecule has 0 saturated carbocycles. The van der Waals surface area contributed by atoms with Crippen LogP contribution in [0.5, 0.6) is 0 Å². The van der Waals surface area contributed by atoms with Gasteiger partial charge in [0.2, 0.25) is 0 Å². The van der Waals surface area contributed by atoms with Crippen LogP contribution in [0, 0.1) is 6.92 Å². The molecule has 2 rings (SSSR count). The Hall–Kier alpha value is -0.710. The molecule has 1 atom stereocenters. The van der Waals surface area contributed by atoms with Gasteiger partial charge >= 0.3 is 0 Å². The summed E-state index contributed by atoms with van der Waals surface area (Å²) in [7, 11) is 1.97. The van der Waals surface area contributed by atoms with Crippen LogP contribution in [0.3, 0.4) is 0 Å². The lowest BCUT2D eigenvalue weighted by atomic mass is 9.99. The van der Waals surface area contributed by atoms with Crippen LogP contribution in [-0.4, -0.2) is 12.0 Å². The number of nitrogens with zero attached hydrogens (tertiary/aromatic N) is 1. The summed E-state index contributed by atoms with van der Waals surface area (Å²) in [6.07, 6.45) is 3.76. The Bertz CT molecular complexity index is 481. The summed E-state index contributed by atoms with van der Waals surface area (Å²) in [6.45, 7) is 2.11. The molecular weight excluding hydrogens is 284 g/mol. The van der Waals surface area contributed by atoms with Crippen molar-refractivity contribution in [2.75, 3.05) is 7.05 Å². The number of thiophene rings is 1. The van der Waals surface area contributed by atoms with E-state index >= 15 is 0 Å². The third-order valence-corrected chi connectivity index (χ3v) is 4.38. The quantitative estimate of drug-likeness (QED) is 0.937. The number of halogens is 1. The van der Waals surface area contributed by atoms with Crippen molar-refractivity contribution < 1.29 is 0 Å². The van der Waals surface area contributed by atoms with Crippen LogP contribution in [0.2, 0.25) is 0 Å². The van der Waals surface area contributed by atoms with Gasteiger partial charge in [-0.15, -0.1) is 0 Å². The van der Waals surface area contributed by atoms with Gasteiger partial charge in [0.05, 0.1) is 6.04 Å². The number of pyridine rings is 1. The number of aromatic nitrogens is 1. The van der Waals surface area contributed by atoms with Gasteiger partial charge in [-0.1, -0.05) is 0 Å². The molecule has 0 amide bonds. The van der Waals surface area contributed by atoms with Crippen LogP contribution >= 0.6 is 27.3 Å². The van der Waals surface area contributed by atoms with Crippen LogP contribution < -0.4 is 5.32 Å². The summed E-state index contributed by atoms with van der Waals surface area (Å²) >= 11 is 5.28. The van der Waals surface area contributed by atoms with Crippen molar-refractivity contribution in [3.05, 3.63) is 50.4 Å². The van der Waals surface area contributed by atoms with E-state index in [4.69, 9.17) is 0 Å². The lowest BCUT2D eigenvalue weighted by molar-refractivity contribution is 0.684. The molecule has 0 bridgehead atoms. The molecule has 1 unspecified atom stereocenters. The van der Waals surface area contributed by atoms with Crippen molar-refractivity contribution in [1.29, 1.82) is 0 Å². The molecule has 4 heteroatoms. The van der Waals surface area contributed by atoms with Gasteiger partial charge in [-0.2, -0.15) is 11.3 Å². The van der Waals surface area contributed by atoms with Gasteiger partial charge in [0, 0.05) is 22.2 Å². The maximum atomic E-state index is 4.20. The zero-order valence-corrected chi connectivity index (χ0v) is 11.6. The summed E-state index contributed by atoms with van der Waals surface area (Å²) in [5, 5.41) is 7.61. The van der Waals surface area contributed by atoms with Gasteiger partial charge in [0.15, 0.2) is 0 Å². The molecule has 0 aliphatic rings. The van der Waals surface area contributed by atoms with Crippen LogP contribution in [0.4, 0.5) is 0 Å². The first kappa shape index (κ1) is 11.8. The molecule has 1 N–H and O–H groups in total. The zero-order chi connectivity index (χ0) is 11.5. The van der Waals surface area contributed by atoms with Crippen molar-refractivity contribution >= 4 is 27.3 Å². The molecule has 0 aromatic carbocycles. The fourth-order valence-electron chi connectivity index (χ4n) is 1.75. The molecule has 2 heterocycles. The Morgan fingerprint density at radius 2 is 2.19 bits per heavy atom. The van der Waals surface area contributed by atoms with E-state index < -0.39 is 0 Å². The molecule has 0 radical (unpaired) electrons. The molecule has 0 saturated heterocycles. The minimum Gasteiger partial charge on any atom is -0.309 e. The summed E-state index contributed by atoms with van der Waals surface area (Å²) in [5.74, 6) is 0. The SMILES string of the molecule is CNC(c1cnccc1C)c1cscc1Br. The summed E-state index contributed by atoms with van der Waals surface area (Å²) in [6, 6.07) is 2.24. The first-order valence-corrected chi connectivity index (χ1v) is 6.77. The Labute approximate surface area is 108 Å². The average molecular weight is 297 g/mol.